The van der Waals surface area contributed by atoms with Gasteiger partial charge in [-0.05, 0) is 60.7 Å². The van der Waals surface area contributed by atoms with Crippen LogP contribution in [0.3, 0.4) is 0 Å². The summed E-state index contributed by atoms with van der Waals surface area (Å²) in [5.74, 6) is 0.818. The molecule has 0 bridgehead atoms. The van der Waals surface area contributed by atoms with E-state index in [1.165, 1.54) is 24.3 Å². The van der Waals surface area contributed by atoms with Crippen LogP contribution in [0.5, 0.6) is 11.5 Å². The first-order valence-corrected chi connectivity index (χ1v) is 9.34. The molecule has 0 amide bonds. The Kier molecular flexibility index (Phi) is 6.57. The van der Waals surface area contributed by atoms with Gasteiger partial charge in [0, 0.05) is 12.6 Å². The standard InChI is InChI=1S/C21H23F4NO2/c22-16-8-10-17(11-9-16)28-18-7-3-6-15(12-18)20(14-4-1-2-5-14)26-13-19(27)21(23,24)25/h3,6-12,14,19-20,26-27H,1-2,4-5,13H2. The Morgan fingerprint density at radius 3 is 2.36 bits per heavy atom. The van der Waals surface area contributed by atoms with Crippen molar-refractivity contribution in [3.8, 4) is 11.5 Å². The van der Waals surface area contributed by atoms with Gasteiger partial charge >= 0.3 is 6.18 Å². The highest BCUT2D eigenvalue weighted by atomic mass is 19.4. The van der Waals surface area contributed by atoms with Crippen LogP contribution in [0.15, 0.2) is 48.5 Å². The van der Waals surface area contributed by atoms with Crippen molar-refractivity contribution in [2.24, 2.45) is 5.92 Å². The number of hydrogen-bond donors (Lipinski definition) is 2. The number of benzene rings is 2. The van der Waals surface area contributed by atoms with Crippen molar-refractivity contribution in [1.82, 2.24) is 5.32 Å². The summed E-state index contributed by atoms with van der Waals surface area (Å²) in [7, 11) is 0. The topological polar surface area (TPSA) is 41.5 Å². The molecule has 28 heavy (non-hydrogen) atoms. The number of nitrogens with one attached hydrogen (secondary N) is 1. The zero-order valence-electron chi connectivity index (χ0n) is 15.3. The van der Waals surface area contributed by atoms with Crippen LogP contribution in [0.2, 0.25) is 0 Å². The lowest BCUT2D eigenvalue weighted by Gasteiger charge is -2.27. The minimum atomic E-state index is -4.65. The van der Waals surface area contributed by atoms with Gasteiger partial charge in [0.2, 0.25) is 0 Å². The Balaban J connectivity index is 1.76. The fourth-order valence-electron chi connectivity index (χ4n) is 3.61. The maximum Gasteiger partial charge on any atom is 0.415 e. The summed E-state index contributed by atoms with van der Waals surface area (Å²) in [6, 6.07) is 12.4. The highest BCUT2D eigenvalue weighted by Gasteiger charge is 2.39. The zero-order valence-corrected chi connectivity index (χ0v) is 15.3. The second-order valence-electron chi connectivity index (χ2n) is 7.12. The zero-order chi connectivity index (χ0) is 20.1. The number of hydrogen-bond acceptors (Lipinski definition) is 3. The minimum Gasteiger partial charge on any atom is -0.457 e. The van der Waals surface area contributed by atoms with Gasteiger partial charge in [-0.1, -0.05) is 25.0 Å². The van der Waals surface area contributed by atoms with Crippen molar-refractivity contribution < 1.29 is 27.4 Å². The highest BCUT2D eigenvalue weighted by Crippen LogP contribution is 2.37. The van der Waals surface area contributed by atoms with E-state index in [4.69, 9.17) is 4.74 Å². The van der Waals surface area contributed by atoms with Gasteiger partial charge in [0.15, 0.2) is 6.10 Å². The van der Waals surface area contributed by atoms with E-state index in [2.05, 4.69) is 5.32 Å². The first kappa shape index (κ1) is 20.6. The van der Waals surface area contributed by atoms with Gasteiger partial charge in [-0.25, -0.2) is 4.39 Å². The first-order chi connectivity index (χ1) is 13.3. The molecule has 2 aromatic carbocycles. The highest BCUT2D eigenvalue weighted by molar-refractivity contribution is 5.35. The molecule has 2 N–H and O–H groups in total. The number of aliphatic hydroxyl groups excluding tert-OH is 1. The molecule has 3 nitrogen and oxygen atoms in total. The number of ether oxygens (including phenoxy) is 1. The van der Waals surface area contributed by atoms with Gasteiger partial charge in [-0.15, -0.1) is 0 Å². The van der Waals surface area contributed by atoms with Crippen LogP contribution in [-0.4, -0.2) is 23.9 Å². The molecule has 0 radical (unpaired) electrons. The maximum atomic E-state index is 13.0. The third-order valence-corrected chi connectivity index (χ3v) is 5.05. The van der Waals surface area contributed by atoms with Crippen LogP contribution in [0, 0.1) is 11.7 Å². The molecule has 2 aromatic rings. The summed E-state index contributed by atoms with van der Waals surface area (Å²) in [5.41, 5.74) is 0.806. The van der Waals surface area contributed by atoms with Gasteiger partial charge in [0.25, 0.3) is 0 Å². The minimum absolute atomic E-state index is 0.196. The molecule has 7 heteroatoms. The summed E-state index contributed by atoms with van der Waals surface area (Å²) in [6.07, 6.45) is -3.14. The third-order valence-electron chi connectivity index (χ3n) is 5.05. The summed E-state index contributed by atoms with van der Waals surface area (Å²) < 4.78 is 56.8. The Morgan fingerprint density at radius 1 is 1.04 bits per heavy atom. The Bertz CT molecular complexity index is 758. The molecule has 0 saturated heterocycles. The van der Waals surface area contributed by atoms with Crippen molar-refractivity contribution in [2.75, 3.05) is 6.54 Å². The Morgan fingerprint density at radius 2 is 1.71 bits per heavy atom. The van der Waals surface area contributed by atoms with Gasteiger partial charge in [-0.2, -0.15) is 13.2 Å². The lowest BCUT2D eigenvalue weighted by Crippen LogP contribution is -2.41. The predicted octanol–water partition coefficient (Wildman–Crippen LogP) is 5.36. The van der Waals surface area contributed by atoms with Gasteiger partial charge < -0.3 is 15.2 Å². The Labute approximate surface area is 161 Å². The fraction of sp³-hybridized carbons (Fsp3) is 0.429. The van der Waals surface area contributed by atoms with Crippen molar-refractivity contribution in [3.05, 3.63) is 59.9 Å². The predicted molar refractivity (Wildman–Crippen MR) is 97.7 cm³/mol. The van der Waals surface area contributed by atoms with Crippen LogP contribution in [0.4, 0.5) is 17.6 Å². The first-order valence-electron chi connectivity index (χ1n) is 9.34. The lowest BCUT2D eigenvalue weighted by molar-refractivity contribution is -0.202. The van der Waals surface area contributed by atoms with Gasteiger partial charge in [0.1, 0.15) is 17.3 Å². The molecule has 0 heterocycles. The van der Waals surface area contributed by atoms with Crippen LogP contribution in [-0.2, 0) is 0 Å². The third kappa shape index (κ3) is 5.45. The summed E-state index contributed by atoms with van der Waals surface area (Å²) >= 11 is 0. The second kappa shape index (κ2) is 8.92. The largest absolute Gasteiger partial charge is 0.457 e. The van der Waals surface area contributed by atoms with E-state index in [0.29, 0.717) is 11.5 Å². The average molecular weight is 397 g/mol. The van der Waals surface area contributed by atoms with Crippen LogP contribution < -0.4 is 10.1 Å². The maximum absolute atomic E-state index is 13.0. The van der Waals surface area contributed by atoms with Crippen molar-refractivity contribution in [3.63, 3.8) is 0 Å². The quantitative estimate of drug-likeness (QED) is 0.618. The summed E-state index contributed by atoms with van der Waals surface area (Å²) in [4.78, 5) is 0. The molecule has 0 aromatic heterocycles. The molecule has 1 aliphatic carbocycles. The van der Waals surface area contributed by atoms with Crippen LogP contribution in [0.25, 0.3) is 0 Å². The SMILES string of the molecule is OC(CNC(c1cccc(Oc2ccc(F)cc2)c1)C1CCCC1)C(F)(F)F. The Hall–Kier alpha value is -2.12. The van der Waals surface area contributed by atoms with Crippen molar-refractivity contribution in [1.29, 1.82) is 0 Å². The van der Waals surface area contributed by atoms with E-state index in [1.54, 1.807) is 18.2 Å². The van der Waals surface area contributed by atoms with Gasteiger partial charge in [-0.3, -0.25) is 0 Å². The number of alkyl halides is 3. The smallest absolute Gasteiger partial charge is 0.415 e. The molecular weight excluding hydrogens is 374 g/mol. The molecule has 1 fully saturated rings. The molecule has 1 saturated carbocycles. The van der Waals surface area contributed by atoms with Gasteiger partial charge in [0.05, 0.1) is 0 Å². The summed E-state index contributed by atoms with van der Waals surface area (Å²) in [5, 5.41) is 12.3. The van der Waals surface area contributed by atoms with E-state index in [9.17, 15) is 22.7 Å². The van der Waals surface area contributed by atoms with Crippen LogP contribution in [0.1, 0.15) is 37.3 Å². The molecule has 3 rings (SSSR count). The lowest BCUT2D eigenvalue weighted by atomic mass is 9.91. The van der Waals surface area contributed by atoms with E-state index in [-0.39, 0.29) is 17.8 Å². The van der Waals surface area contributed by atoms with E-state index in [0.717, 1.165) is 31.2 Å². The summed E-state index contributed by atoms with van der Waals surface area (Å²) in [6.45, 7) is -0.562. The van der Waals surface area contributed by atoms with Crippen molar-refractivity contribution in [2.45, 2.75) is 44.0 Å². The second-order valence-corrected chi connectivity index (χ2v) is 7.12. The average Bonchev–Trinajstić information content (AvgIpc) is 3.18. The molecule has 1 aliphatic rings. The molecule has 2 atom stereocenters. The van der Waals surface area contributed by atoms with Crippen molar-refractivity contribution >= 4 is 0 Å². The normalized spacial score (nSPS) is 17.5. The number of aliphatic hydroxyl groups is 1. The molecule has 0 spiro atoms. The molecular formula is C21H23F4NO2. The van der Waals surface area contributed by atoms with E-state index >= 15 is 0 Å². The molecule has 152 valence electrons. The monoisotopic (exact) mass is 397 g/mol. The van der Waals surface area contributed by atoms with Crippen LogP contribution >= 0.6 is 0 Å². The number of halogens is 4. The van der Waals surface area contributed by atoms with E-state index < -0.39 is 18.8 Å². The van der Waals surface area contributed by atoms with E-state index in [1.807, 2.05) is 6.07 Å². The molecule has 2 unspecified atom stereocenters. The molecule has 0 aliphatic heterocycles. The fourth-order valence-corrected chi connectivity index (χ4v) is 3.61. The number of rotatable bonds is 7.